The maximum Gasteiger partial charge on any atom is 0.177 e. The van der Waals surface area contributed by atoms with Crippen LogP contribution in [0.2, 0.25) is 0 Å². The van der Waals surface area contributed by atoms with Crippen molar-refractivity contribution in [2.45, 2.75) is 19.9 Å². The maximum absolute atomic E-state index is 4.52. The fraction of sp³-hybridized carbons (Fsp3) is 0.167. The van der Waals surface area contributed by atoms with Crippen LogP contribution in [0.5, 0.6) is 0 Å². The molecule has 108 valence electrons. The zero-order valence-corrected chi connectivity index (χ0v) is 12.6. The van der Waals surface area contributed by atoms with Crippen LogP contribution < -0.4 is 0 Å². The zero-order valence-electron chi connectivity index (χ0n) is 12.6. The Morgan fingerprint density at radius 2 is 1.91 bits per heavy atom. The molecule has 3 heterocycles. The number of hydrogen-bond donors (Lipinski definition) is 0. The summed E-state index contributed by atoms with van der Waals surface area (Å²) in [7, 11) is 0. The highest BCUT2D eigenvalue weighted by molar-refractivity contribution is 5.95. The van der Waals surface area contributed by atoms with Crippen molar-refractivity contribution in [3.63, 3.8) is 0 Å². The van der Waals surface area contributed by atoms with Crippen molar-refractivity contribution in [2.75, 3.05) is 0 Å². The third-order valence-electron chi connectivity index (χ3n) is 3.94. The highest BCUT2D eigenvalue weighted by Crippen LogP contribution is 2.29. The fourth-order valence-electron chi connectivity index (χ4n) is 2.83. The van der Waals surface area contributed by atoms with Gasteiger partial charge in [0.1, 0.15) is 0 Å². The lowest BCUT2D eigenvalue weighted by Gasteiger charge is -2.09. The molecule has 0 atom stereocenters. The van der Waals surface area contributed by atoms with Crippen LogP contribution in [0.25, 0.3) is 33.2 Å². The molecule has 4 nitrogen and oxygen atoms in total. The highest BCUT2D eigenvalue weighted by atomic mass is 15.1. The number of aromatic nitrogens is 4. The molecule has 0 unspecified atom stereocenters. The van der Waals surface area contributed by atoms with Gasteiger partial charge in [-0.3, -0.25) is 4.98 Å². The molecule has 22 heavy (non-hydrogen) atoms. The van der Waals surface area contributed by atoms with E-state index in [0.29, 0.717) is 6.04 Å². The predicted octanol–water partition coefficient (Wildman–Crippen LogP) is 4.23. The highest BCUT2D eigenvalue weighted by Gasteiger charge is 2.10. The molecular formula is C18H16N4. The summed E-state index contributed by atoms with van der Waals surface area (Å²) in [6, 6.07) is 12.8. The van der Waals surface area contributed by atoms with E-state index in [2.05, 4.69) is 51.6 Å². The molecule has 0 saturated carbocycles. The van der Waals surface area contributed by atoms with Crippen LogP contribution in [-0.2, 0) is 0 Å². The van der Waals surface area contributed by atoms with Gasteiger partial charge in [-0.25, -0.2) is 9.97 Å². The van der Waals surface area contributed by atoms with E-state index in [1.54, 1.807) is 0 Å². The van der Waals surface area contributed by atoms with E-state index >= 15 is 0 Å². The van der Waals surface area contributed by atoms with Crippen LogP contribution in [-0.4, -0.2) is 19.5 Å². The van der Waals surface area contributed by atoms with Gasteiger partial charge in [0, 0.05) is 29.4 Å². The van der Waals surface area contributed by atoms with E-state index in [9.17, 15) is 0 Å². The van der Waals surface area contributed by atoms with E-state index in [1.807, 2.05) is 36.9 Å². The fourth-order valence-corrected chi connectivity index (χ4v) is 2.83. The summed E-state index contributed by atoms with van der Waals surface area (Å²) in [5.41, 5.74) is 5.09. The van der Waals surface area contributed by atoms with Crippen molar-refractivity contribution in [1.29, 1.82) is 0 Å². The van der Waals surface area contributed by atoms with E-state index < -0.39 is 0 Å². The second-order valence-electron chi connectivity index (χ2n) is 5.69. The van der Waals surface area contributed by atoms with E-state index in [0.717, 1.165) is 33.2 Å². The SMILES string of the molecule is CC(C)n1cnc2ncc(-c3cccc4ncccc34)cc21. The normalized spacial score (nSPS) is 11.6. The average molecular weight is 288 g/mol. The molecule has 0 radical (unpaired) electrons. The molecule has 0 bridgehead atoms. The second kappa shape index (κ2) is 4.91. The quantitative estimate of drug-likeness (QED) is 0.554. The molecule has 0 aliphatic carbocycles. The minimum absolute atomic E-state index is 0.358. The Morgan fingerprint density at radius 3 is 2.77 bits per heavy atom. The molecule has 0 aliphatic rings. The predicted molar refractivity (Wildman–Crippen MR) is 88.7 cm³/mol. The summed E-state index contributed by atoms with van der Waals surface area (Å²) in [6.07, 6.45) is 5.57. The second-order valence-corrected chi connectivity index (χ2v) is 5.69. The Morgan fingerprint density at radius 1 is 1.00 bits per heavy atom. The summed E-state index contributed by atoms with van der Waals surface area (Å²) in [4.78, 5) is 13.3. The van der Waals surface area contributed by atoms with Crippen LogP contribution in [0.15, 0.2) is 55.1 Å². The van der Waals surface area contributed by atoms with Gasteiger partial charge >= 0.3 is 0 Å². The van der Waals surface area contributed by atoms with Gasteiger partial charge in [0.2, 0.25) is 0 Å². The number of hydrogen-bond acceptors (Lipinski definition) is 3. The van der Waals surface area contributed by atoms with Crippen LogP contribution in [0.4, 0.5) is 0 Å². The number of nitrogens with zero attached hydrogens (tertiary/aromatic N) is 4. The van der Waals surface area contributed by atoms with Gasteiger partial charge in [0.05, 0.1) is 17.4 Å². The average Bonchev–Trinajstić information content (AvgIpc) is 2.97. The maximum atomic E-state index is 4.52. The van der Waals surface area contributed by atoms with Crippen molar-refractivity contribution >= 4 is 22.1 Å². The minimum atomic E-state index is 0.358. The van der Waals surface area contributed by atoms with Crippen LogP contribution in [0.1, 0.15) is 19.9 Å². The molecule has 4 aromatic rings. The van der Waals surface area contributed by atoms with Crippen molar-refractivity contribution in [3.8, 4) is 11.1 Å². The Balaban J connectivity index is 1.98. The largest absolute Gasteiger partial charge is 0.327 e. The molecule has 0 saturated heterocycles. The lowest BCUT2D eigenvalue weighted by molar-refractivity contribution is 0.617. The monoisotopic (exact) mass is 288 g/mol. The first kappa shape index (κ1) is 13.0. The Kier molecular flexibility index (Phi) is 2.89. The molecule has 0 aliphatic heterocycles. The van der Waals surface area contributed by atoms with Crippen molar-refractivity contribution in [1.82, 2.24) is 19.5 Å². The van der Waals surface area contributed by atoms with Crippen LogP contribution in [0.3, 0.4) is 0 Å². The summed E-state index contributed by atoms with van der Waals surface area (Å²) in [5.74, 6) is 0. The van der Waals surface area contributed by atoms with Gasteiger partial charge in [-0.05, 0) is 37.6 Å². The van der Waals surface area contributed by atoms with Crippen molar-refractivity contribution in [2.24, 2.45) is 0 Å². The lowest BCUT2D eigenvalue weighted by Crippen LogP contribution is -1.98. The summed E-state index contributed by atoms with van der Waals surface area (Å²) >= 11 is 0. The number of pyridine rings is 2. The molecule has 4 rings (SSSR count). The number of benzene rings is 1. The van der Waals surface area contributed by atoms with Gasteiger partial charge in [-0.1, -0.05) is 18.2 Å². The first-order valence-electron chi connectivity index (χ1n) is 7.41. The number of fused-ring (bicyclic) bond motifs is 2. The van der Waals surface area contributed by atoms with Gasteiger partial charge in [0.25, 0.3) is 0 Å². The third-order valence-corrected chi connectivity index (χ3v) is 3.94. The Bertz CT molecular complexity index is 964. The van der Waals surface area contributed by atoms with Crippen molar-refractivity contribution < 1.29 is 0 Å². The van der Waals surface area contributed by atoms with Crippen LogP contribution >= 0.6 is 0 Å². The molecule has 4 heteroatoms. The lowest BCUT2D eigenvalue weighted by atomic mass is 10.0. The molecule has 0 N–H and O–H groups in total. The molecule has 1 aromatic carbocycles. The molecule has 0 spiro atoms. The zero-order chi connectivity index (χ0) is 15.1. The topological polar surface area (TPSA) is 43.6 Å². The molecule has 3 aromatic heterocycles. The van der Waals surface area contributed by atoms with Gasteiger partial charge < -0.3 is 4.57 Å². The third kappa shape index (κ3) is 1.96. The summed E-state index contributed by atoms with van der Waals surface area (Å²) < 4.78 is 2.15. The van der Waals surface area contributed by atoms with Gasteiger partial charge in [0.15, 0.2) is 5.65 Å². The van der Waals surface area contributed by atoms with E-state index in [-0.39, 0.29) is 0 Å². The molecular weight excluding hydrogens is 272 g/mol. The summed E-state index contributed by atoms with van der Waals surface area (Å²) in [5, 5.41) is 1.14. The van der Waals surface area contributed by atoms with E-state index in [4.69, 9.17) is 0 Å². The number of imidazole rings is 1. The first-order chi connectivity index (χ1) is 10.7. The van der Waals surface area contributed by atoms with Crippen LogP contribution in [0, 0.1) is 0 Å². The first-order valence-corrected chi connectivity index (χ1v) is 7.41. The smallest absolute Gasteiger partial charge is 0.177 e. The standard InChI is InChI=1S/C18H16N4/c1-12(2)22-11-21-18-17(22)9-13(10-20-18)14-5-3-7-16-15(14)6-4-8-19-16/h3-12H,1-2H3. The minimum Gasteiger partial charge on any atom is -0.327 e. The molecule has 0 fully saturated rings. The number of rotatable bonds is 2. The molecule has 0 amide bonds. The Labute approximate surface area is 128 Å². The Hall–Kier alpha value is -2.75. The van der Waals surface area contributed by atoms with E-state index in [1.165, 1.54) is 0 Å². The van der Waals surface area contributed by atoms with Gasteiger partial charge in [-0.2, -0.15) is 0 Å². The summed E-state index contributed by atoms with van der Waals surface area (Å²) in [6.45, 7) is 4.30. The van der Waals surface area contributed by atoms with Gasteiger partial charge in [-0.15, -0.1) is 0 Å². The van der Waals surface area contributed by atoms with Crippen molar-refractivity contribution in [3.05, 3.63) is 55.1 Å².